The number of likely N-dealkylation sites (tertiary alicyclic amines) is 1. The van der Waals surface area contributed by atoms with Crippen molar-refractivity contribution in [2.45, 2.75) is 51.2 Å². The molecule has 3 N–H and O–H groups in total. The van der Waals surface area contributed by atoms with Gasteiger partial charge >= 0.3 is 0 Å². The molecule has 1 aromatic carbocycles. The molecule has 3 atom stereocenters. The Bertz CT molecular complexity index is 549. The van der Waals surface area contributed by atoms with E-state index in [4.69, 9.17) is 5.21 Å². The highest BCUT2D eigenvalue weighted by Gasteiger charge is 2.38. The van der Waals surface area contributed by atoms with Gasteiger partial charge in [0, 0.05) is 6.54 Å². The number of hydrogen-bond acceptors (Lipinski definition) is 4. The lowest BCUT2D eigenvalue weighted by Gasteiger charge is -2.30. The van der Waals surface area contributed by atoms with Crippen LogP contribution in [0.5, 0.6) is 0 Å². The highest BCUT2D eigenvalue weighted by molar-refractivity contribution is 5.89. The van der Waals surface area contributed by atoms with E-state index in [1.54, 1.807) is 4.90 Å². The number of aliphatic hydroxyl groups excluding tert-OH is 1. The van der Waals surface area contributed by atoms with E-state index >= 15 is 0 Å². The zero-order valence-corrected chi connectivity index (χ0v) is 14.0. The van der Waals surface area contributed by atoms with Gasteiger partial charge in [0.05, 0.1) is 12.0 Å². The first-order chi connectivity index (χ1) is 11.6. The molecule has 2 amide bonds. The molecule has 0 aliphatic carbocycles. The van der Waals surface area contributed by atoms with E-state index in [1.165, 1.54) is 5.48 Å². The van der Waals surface area contributed by atoms with Crippen LogP contribution in [-0.4, -0.2) is 39.7 Å². The maximum atomic E-state index is 13.0. The second-order valence-electron chi connectivity index (χ2n) is 6.27. The molecule has 1 aliphatic heterocycles. The van der Waals surface area contributed by atoms with Crippen LogP contribution in [0.1, 0.15) is 50.6 Å². The molecule has 24 heavy (non-hydrogen) atoms. The SMILES string of the molecule is CCCC[C@@H](C(=O)N1CCCC1c1ccccc1)[C@H](O)C(=O)NO. The molecule has 1 fully saturated rings. The molecule has 1 aromatic rings. The van der Waals surface area contributed by atoms with Gasteiger partial charge in [0.15, 0.2) is 0 Å². The minimum absolute atomic E-state index is 0.0211. The van der Waals surface area contributed by atoms with Crippen molar-refractivity contribution in [2.24, 2.45) is 5.92 Å². The summed E-state index contributed by atoms with van der Waals surface area (Å²) in [6.45, 7) is 2.61. The maximum absolute atomic E-state index is 13.0. The smallest absolute Gasteiger partial charge is 0.272 e. The lowest BCUT2D eigenvalue weighted by atomic mass is 9.93. The van der Waals surface area contributed by atoms with E-state index < -0.39 is 17.9 Å². The van der Waals surface area contributed by atoms with Crippen LogP contribution in [0.25, 0.3) is 0 Å². The molecule has 1 saturated heterocycles. The fourth-order valence-electron chi connectivity index (χ4n) is 3.35. The third-order valence-electron chi connectivity index (χ3n) is 4.67. The molecular weight excluding hydrogens is 308 g/mol. The molecule has 0 radical (unpaired) electrons. The number of hydrogen-bond donors (Lipinski definition) is 3. The number of rotatable bonds is 7. The standard InChI is InChI=1S/C18H26N2O4/c1-2-3-10-14(16(21)17(22)19-24)18(23)20-12-7-11-15(20)13-8-5-4-6-9-13/h4-6,8-9,14-16,21,24H,2-3,7,10-12H2,1H3,(H,19,22)/t14-,15?,16+/m1/s1. The molecule has 1 unspecified atom stereocenters. The zero-order valence-electron chi connectivity index (χ0n) is 14.0. The van der Waals surface area contributed by atoms with Crippen molar-refractivity contribution in [2.75, 3.05) is 6.54 Å². The molecule has 0 saturated carbocycles. The third kappa shape index (κ3) is 4.13. The average Bonchev–Trinajstić information content (AvgIpc) is 3.11. The Labute approximate surface area is 142 Å². The lowest BCUT2D eigenvalue weighted by molar-refractivity contribution is -0.151. The summed E-state index contributed by atoms with van der Waals surface area (Å²) >= 11 is 0. The number of carbonyl (C=O) groups is 2. The van der Waals surface area contributed by atoms with Crippen LogP contribution >= 0.6 is 0 Å². The first-order valence-electron chi connectivity index (χ1n) is 8.57. The summed E-state index contributed by atoms with van der Waals surface area (Å²) in [7, 11) is 0. The largest absolute Gasteiger partial charge is 0.382 e. The Balaban J connectivity index is 2.19. The van der Waals surface area contributed by atoms with E-state index in [9.17, 15) is 14.7 Å². The van der Waals surface area contributed by atoms with Crippen molar-refractivity contribution in [3.05, 3.63) is 35.9 Å². The fraction of sp³-hybridized carbons (Fsp3) is 0.556. The molecule has 6 nitrogen and oxygen atoms in total. The average molecular weight is 334 g/mol. The van der Waals surface area contributed by atoms with Crippen molar-refractivity contribution in [3.8, 4) is 0 Å². The molecule has 0 aromatic heterocycles. The van der Waals surface area contributed by atoms with Crippen LogP contribution in [-0.2, 0) is 9.59 Å². The lowest BCUT2D eigenvalue weighted by Crippen LogP contribution is -2.46. The van der Waals surface area contributed by atoms with Crippen LogP contribution in [0.4, 0.5) is 0 Å². The molecule has 132 valence electrons. The highest BCUT2D eigenvalue weighted by Crippen LogP contribution is 2.34. The van der Waals surface area contributed by atoms with E-state index in [0.29, 0.717) is 13.0 Å². The molecule has 1 heterocycles. The van der Waals surface area contributed by atoms with Crippen molar-refractivity contribution in [1.82, 2.24) is 10.4 Å². The van der Waals surface area contributed by atoms with E-state index in [0.717, 1.165) is 31.2 Å². The van der Waals surface area contributed by atoms with Crippen LogP contribution in [0.15, 0.2) is 30.3 Å². The number of carbonyl (C=O) groups excluding carboxylic acids is 2. The van der Waals surface area contributed by atoms with E-state index in [-0.39, 0.29) is 11.9 Å². The first kappa shape index (κ1) is 18.4. The third-order valence-corrected chi connectivity index (χ3v) is 4.67. The number of hydroxylamine groups is 1. The molecule has 0 bridgehead atoms. The van der Waals surface area contributed by atoms with Crippen molar-refractivity contribution >= 4 is 11.8 Å². The van der Waals surface area contributed by atoms with Crippen molar-refractivity contribution < 1.29 is 19.9 Å². The summed E-state index contributed by atoms with van der Waals surface area (Å²) in [6.07, 6.45) is 2.25. The highest BCUT2D eigenvalue weighted by atomic mass is 16.5. The topological polar surface area (TPSA) is 89.9 Å². The predicted octanol–water partition coefficient (Wildman–Crippen LogP) is 2.02. The summed E-state index contributed by atoms with van der Waals surface area (Å²) in [5.74, 6) is -1.98. The zero-order chi connectivity index (χ0) is 17.5. The van der Waals surface area contributed by atoms with Gasteiger partial charge in [-0.05, 0) is 24.8 Å². The Morgan fingerprint density at radius 2 is 2.04 bits per heavy atom. The van der Waals surface area contributed by atoms with Gasteiger partial charge in [-0.2, -0.15) is 0 Å². The molecule has 2 rings (SSSR count). The van der Waals surface area contributed by atoms with E-state index in [2.05, 4.69) is 0 Å². The van der Waals surface area contributed by atoms with Gasteiger partial charge in [-0.15, -0.1) is 0 Å². The Kier molecular flexibility index (Phi) is 6.75. The number of unbranched alkanes of at least 4 members (excludes halogenated alkanes) is 1. The number of aliphatic hydroxyl groups is 1. The Hall–Kier alpha value is -1.92. The molecule has 0 spiro atoms. The van der Waals surface area contributed by atoms with Gasteiger partial charge in [-0.1, -0.05) is 50.1 Å². The summed E-state index contributed by atoms with van der Waals surface area (Å²) in [5, 5.41) is 18.9. The second kappa shape index (κ2) is 8.80. The van der Waals surface area contributed by atoms with Gasteiger partial charge in [0.1, 0.15) is 6.10 Å². The van der Waals surface area contributed by atoms with Gasteiger partial charge in [0.25, 0.3) is 5.91 Å². The monoisotopic (exact) mass is 334 g/mol. The minimum Gasteiger partial charge on any atom is -0.382 e. The second-order valence-corrected chi connectivity index (χ2v) is 6.27. The maximum Gasteiger partial charge on any atom is 0.272 e. The molecular formula is C18H26N2O4. The van der Waals surface area contributed by atoms with Gasteiger partial charge in [-0.3, -0.25) is 14.8 Å². The normalized spacial score (nSPS) is 19.8. The number of nitrogens with zero attached hydrogens (tertiary/aromatic N) is 1. The Morgan fingerprint density at radius 3 is 2.67 bits per heavy atom. The minimum atomic E-state index is -1.54. The Morgan fingerprint density at radius 1 is 1.33 bits per heavy atom. The summed E-state index contributed by atoms with van der Waals surface area (Å²) in [4.78, 5) is 26.4. The van der Waals surface area contributed by atoms with Crippen LogP contribution in [0.2, 0.25) is 0 Å². The van der Waals surface area contributed by atoms with Gasteiger partial charge < -0.3 is 10.0 Å². The molecule has 1 aliphatic rings. The summed E-state index contributed by atoms with van der Waals surface area (Å²) in [5.41, 5.74) is 2.52. The number of amides is 2. The number of nitrogens with one attached hydrogen (secondary N) is 1. The van der Waals surface area contributed by atoms with E-state index in [1.807, 2.05) is 37.3 Å². The van der Waals surface area contributed by atoms with Gasteiger partial charge in [0.2, 0.25) is 5.91 Å². The van der Waals surface area contributed by atoms with Gasteiger partial charge in [-0.25, -0.2) is 5.48 Å². The fourth-order valence-corrected chi connectivity index (χ4v) is 3.35. The predicted molar refractivity (Wildman–Crippen MR) is 89.1 cm³/mol. The van der Waals surface area contributed by atoms with Crippen LogP contribution in [0, 0.1) is 5.92 Å². The van der Waals surface area contributed by atoms with Crippen LogP contribution in [0.3, 0.4) is 0 Å². The van der Waals surface area contributed by atoms with Crippen molar-refractivity contribution in [3.63, 3.8) is 0 Å². The van der Waals surface area contributed by atoms with Crippen molar-refractivity contribution in [1.29, 1.82) is 0 Å². The summed E-state index contributed by atoms with van der Waals surface area (Å²) in [6, 6.07) is 9.79. The van der Waals surface area contributed by atoms with Crippen LogP contribution < -0.4 is 5.48 Å². The number of benzene rings is 1. The summed E-state index contributed by atoms with van der Waals surface area (Å²) < 4.78 is 0. The first-order valence-corrected chi connectivity index (χ1v) is 8.57. The quantitative estimate of drug-likeness (QED) is 0.526. The molecule has 6 heteroatoms.